The first-order valence-electron chi connectivity index (χ1n) is 5.91. The molecule has 98 valence electrons. The fourth-order valence-corrected chi connectivity index (χ4v) is 2.07. The van der Waals surface area contributed by atoms with E-state index in [9.17, 15) is 4.39 Å². The van der Waals surface area contributed by atoms with Crippen molar-refractivity contribution in [1.82, 2.24) is 0 Å². The third kappa shape index (κ3) is 2.90. The Bertz CT molecular complexity index is 638. The SMILES string of the molecule is Cc1ccc(Nc2c(C)cccc2C(N)=S)c(F)c1. The number of anilines is 2. The Balaban J connectivity index is 2.46. The minimum Gasteiger partial charge on any atom is -0.389 e. The van der Waals surface area contributed by atoms with E-state index in [2.05, 4.69) is 5.32 Å². The lowest BCUT2D eigenvalue weighted by Gasteiger charge is -2.15. The number of halogens is 1. The Labute approximate surface area is 117 Å². The van der Waals surface area contributed by atoms with Gasteiger partial charge in [-0.2, -0.15) is 0 Å². The summed E-state index contributed by atoms with van der Waals surface area (Å²) < 4.78 is 13.9. The van der Waals surface area contributed by atoms with Crippen LogP contribution in [-0.2, 0) is 0 Å². The number of nitrogens with two attached hydrogens (primary N) is 1. The van der Waals surface area contributed by atoms with Gasteiger partial charge in [0.05, 0.1) is 11.4 Å². The molecule has 0 radical (unpaired) electrons. The Morgan fingerprint density at radius 3 is 2.58 bits per heavy atom. The average molecular weight is 274 g/mol. The number of nitrogens with one attached hydrogen (secondary N) is 1. The lowest BCUT2D eigenvalue weighted by atomic mass is 10.1. The summed E-state index contributed by atoms with van der Waals surface area (Å²) in [6.07, 6.45) is 0. The lowest BCUT2D eigenvalue weighted by Crippen LogP contribution is -2.13. The van der Waals surface area contributed by atoms with Gasteiger partial charge in [-0.15, -0.1) is 0 Å². The highest BCUT2D eigenvalue weighted by molar-refractivity contribution is 7.80. The van der Waals surface area contributed by atoms with Gasteiger partial charge in [0.15, 0.2) is 0 Å². The molecular weight excluding hydrogens is 259 g/mol. The maximum absolute atomic E-state index is 13.9. The summed E-state index contributed by atoms with van der Waals surface area (Å²) in [6.45, 7) is 3.78. The quantitative estimate of drug-likeness (QED) is 0.836. The molecule has 0 bridgehead atoms. The molecule has 0 aliphatic carbocycles. The minimum absolute atomic E-state index is 0.290. The van der Waals surface area contributed by atoms with Crippen LogP contribution >= 0.6 is 12.2 Å². The van der Waals surface area contributed by atoms with Gasteiger partial charge in [-0.05, 0) is 43.2 Å². The van der Waals surface area contributed by atoms with E-state index in [0.29, 0.717) is 10.7 Å². The molecule has 19 heavy (non-hydrogen) atoms. The van der Waals surface area contributed by atoms with Crippen molar-refractivity contribution in [2.24, 2.45) is 5.73 Å². The zero-order valence-electron chi connectivity index (χ0n) is 10.8. The van der Waals surface area contributed by atoms with Crippen molar-refractivity contribution in [2.75, 3.05) is 5.32 Å². The van der Waals surface area contributed by atoms with Gasteiger partial charge in [-0.3, -0.25) is 0 Å². The lowest BCUT2D eigenvalue weighted by molar-refractivity contribution is 0.630. The van der Waals surface area contributed by atoms with Gasteiger partial charge in [-0.25, -0.2) is 4.39 Å². The third-order valence-corrected chi connectivity index (χ3v) is 3.14. The first-order chi connectivity index (χ1) is 8.99. The van der Waals surface area contributed by atoms with Gasteiger partial charge in [0.2, 0.25) is 0 Å². The second-order valence-corrected chi connectivity index (χ2v) is 4.91. The van der Waals surface area contributed by atoms with Gasteiger partial charge < -0.3 is 11.1 Å². The van der Waals surface area contributed by atoms with Gasteiger partial charge >= 0.3 is 0 Å². The maximum Gasteiger partial charge on any atom is 0.146 e. The molecule has 0 aliphatic rings. The molecule has 0 amide bonds. The number of hydrogen-bond acceptors (Lipinski definition) is 2. The smallest absolute Gasteiger partial charge is 0.146 e. The van der Waals surface area contributed by atoms with Crippen LogP contribution in [0.2, 0.25) is 0 Å². The zero-order valence-corrected chi connectivity index (χ0v) is 11.6. The highest BCUT2D eigenvalue weighted by Gasteiger charge is 2.10. The molecule has 0 saturated heterocycles. The Morgan fingerprint density at radius 1 is 1.21 bits per heavy atom. The number of hydrogen-bond donors (Lipinski definition) is 2. The summed E-state index contributed by atoms with van der Waals surface area (Å²) in [5, 5.41) is 3.08. The van der Waals surface area contributed by atoms with Crippen LogP contribution in [0.3, 0.4) is 0 Å². The number of thiocarbonyl (C=S) groups is 1. The molecule has 0 fully saturated rings. The van der Waals surface area contributed by atoms with E-state index in [1.54, 1.807) is 6.07 Å². The first-order valence-corrected chi connectivity index (χ1v) is 6.32. The molecule has 0 aliphatic heterocycles. The third-order valence-electron chi connectivity index (χ3n) is 2.92. The standard InChI is InChI=1S/C15H15FN2S/c1-9-6-7-13(12(16)8-9)18-14-10(2)4-3-5-11(14)15(17)19/h3-8,18H,1-2H3,(H2,17,19). The van der Waals surface area contributed by atoms with Gasteiger partial charge in [0, 0.05) is 5.56 Å². The van der Waals surface area contributed by atoms with Crippen molar-refractivity contribution >= 4 is 28.6 Å². The van der Waals surface area contributed by atoms with E-state index < -0.39 is 0 Å². The highest BCUT2D eigenvalue weighted by Crippen LogP contribution is 2.26. The van der Waals surface area contributed by atoms with Gasteiger partial charge in [0.1, 0.15) is 10.8 Å². The number of benzene rings is 2. The molecule has 0 spiro atoms. The van der Waals surface area contributed by atoms with Crippen molar-refractivity contribution in [1.29, 1.82) is 0 Å². The average Bonchev–Trinajstić information content (AvgIpc) is 2.34. The van der Waals surface area contributed by atoms with Crippen LogP contribution in [0.4, 0.5) is 15.8 Å². The molecule has 4 heteroatoms. The molecule has 2 nitrogen and oxygen atoms in total. The largest absolute Gasteiger partial charge is 0.389 e. The summed E-state index contributed by atoms with van der Waals surface area (Å²) in [7, 11) is 0. The van der Waals surface area contributed by atoms with Crippen molar-refractivity contribution in [3.05, 3.63) is 58.9 Å². The normalized spacial score (nSPS) is 10.3. The van der Waals surface area contributed by atoms with Crippen LogP contribution in [0.15, 0.2) is 36.4 Å². The van der Waals surface area contributed by atoms with Gasteiger partial charge in [0.25, 0.3) is 0 Å². The van der Waals surface area contributed by atoms with Crippen LogP contribution in [0.1, 0.15) is 16.7 Å². The molecule has 2 rings (SSSR count). The monoisotopic (exact) mass is 274 g/mol. The molecule has 0 aromatic heterocycles. The topological polar surface area (TPSA) is 38.0 Å². The summed E-state index contributed by atoms with van der Waals surface area (Å²) in [5.41, 5.74) is 9.42. The maximum atomic E-state index is 13.9. The van der Waals surface area contributed by atoms with E-state index in [-0.39, 0.29) is 5.82 Å². The van der Waals surface area contributed by atoms with E-state index in [0.717, 1.165) is 22.4 Å². The Morgan fingerprint density at radius 2 is 1.95 bits per heavy atom. The molecule has 0 saturated carbocycles. The molecule has 0 atom stereocenters. The fraction of sp³-hybridized carbons (Fsp3) is 0.133. The summed E-state index contributed by atoms with van der Waals surface area (Å²) >= 11 is 5.02. The Kier molecular flexibility index (Phi) is 3.81. The molecule has 2 aromatic carbocycles. The molecular formula is C15H15FN2S. The Hall–Kier alpha value is -1.94. The molecule has 3 N–H and O–H groups in total. The van der Waals surface area contributed by atoms with Crippen LogP contribution in [0, 0.1) is 19.7 Å². The highest BCUT2D eigenvalue weighted by atomic mass is 32.1. The predicted molar refractivity (Wildman–Crippen MR) is 81.5 cm³/mol. The van der Waals surface area contributed by atoms with Crippen molar-refractivity contribution in [3.63, 3.8) is 0 Å². The predicted octanol–water partition coefficient (Wildman–Crippen LogP) is 3.82. The second kappa shape index (κ2) is 5.36. The van der Waals surface area contributed by atoms with E-state index in [4.69, 9.17) is 18.0 Å². The van der Waals surface area contributed by atoms with Crippen LogP contribution in [0.5, 0.6) is 0 Å². The fourth-order valence-electron chi connectivity index (χ4n) is 1.90. The van der Waals surface area contributed by atoms with Crippen LogP contribution in [-0.4, -0.2) is 4.99 Å². The molecule has 0 unspecified atom stereocenters. The zero-order chi connectivity index (χ0) is 14.0. The first kappa shape index (κ1) is 13.5. The number of rotatable bonds is 3. The van der Waals surface area contributed by atoms with E-state index >= 15 is 0 Å². The minimum atomic E-state index is -0.294. The number of para-hydroxylation sites is 1. The van der Waals surface area contributed by atoms with Crippen LogP contribution < -0.4 is 11.1 Å². The van der Waals surface area contributed by atoms with E-state index in [1.807, 2.05) is 38.1 Å². The number of aryl methyl sites for hydroxylation is 2. The molecule has 0 heterocycles. The van der Waals surface area contributed by atoms with Gasteiger partial charge in [-0.1, -0.05) is 30.4 Å². The van der Waals surface area contributed by atoms with Crippen molar-refractivity contribution < 1.29 is 4.39 Å². The van der Waals surface area contributed by atoms with E-state index in [1.165, 1.54) is 6.07 Å². The van der Waals surface area contributed by atoms with Crippen molar-refractivity contribution in [3.8, 4) is 0 Å². The van der Waals surface area contributed by atoms with Crippen molar-refractivity contribution in [2.45, 2.75) is 13.8 Å². The second-order valence-electron chi connectivity index (χ2n) is 4.47. The van der Waals surface area contributed by atoms with Crippen LogP contribution in [0.25, 0.3) is 0 Å². The molecule has 2 aromatic rings. The summed E-state index contributed by atoms with van der Waals surface area (Å²) in [5.74, 6) is -0.294. The summed E-state index contributed by atoms with van der Waals surface area (Å²) in [4.78, 5) is 0.290. The summed E-state index contributed by atoms with van der Waals surface area (Å²) in [6, 6.07) is 10.7.